The SMILES string of the molecule is O=C(CSc1ccccc1F)Nc1ccc(Cl)cc1F. The van der Waals surface area contributed by atoms with E-state index in [0.717, 1.165) is 17.8 Å². The molecule has 0 saturated heterocycles. The molecule has 0 fully saturated rings. The first-order chi connectivity index (χ1) is 9.56. The third-order valence-corrected chi connectivity index (χ3v) is 3.68. The van der Waals surface area contributed by atoms with Gasteiger partial charge in [-0.25, -0.2) is 8.78 Å². The van der Waals surface area contributed by atoms with Crippen molar-refractivity contribution >= 4 is 35.0 Å². The van der Waals surface area contributed by atoms with Gasteiger partial charge in [-0.15, -0.1) is 11.8 Å². The van der Waals surface area contributed by atoms with Crippen molar-refractivity contribution in [2.75, 3.05) is 11.1 Å². The van der Waals surface area contributed by atoms with Gasteiger partial charge in [-0.2, -0.15) is 0 Å². The third-order valence-electron chi connectivity index (χ3n) is 2.40. The van der Waals surface area contributed by atoms with Crippen LogP contribution < -0.4 is 5.32 Å². The van der Waals surface area contributed by atoms with Crippen molar-refractivity contribution in [2.24, 2.45) is 0 Å². The molecule has 0 radical (unpaired) electrons. The molecular formula is C14H10ClF2NOS. The molecule has 2 aromatic rings. The molecule has 0 aliphatic rings. The molecule has 2 rings (SSSR count). The van der Waals surface area contributed by atoms with Crippen molar-refractivity contribution in [3.8, 4) is 0 Å². The lowest BCUT2D eigenvalue weighted by Gasteiger charge is -2.07. The summed E-state index contributed by atoms with van der Waals surface area (Å²) in [4.78, 5) is 12.1. The number of hydrogen-bond acceptors (Lipinski definition) is 2. The van der Waals surface area contributed by atoms with Gasteiger partial charge in [0.1, 0.15) is 11.6 Å². The Morgan fingerprint density at radius 3 is 2.60 bits per heavy atom. The highest BCUT2D eigenvalue weighted by Gasteiger charge is 2.09. The molecule has 2 nitrogen and oxygen atoms in total. The minimum atomic E-state index is -0.609. The zero-order valence-electron chi connectivity index (χ0n) is 10.2. The summed E-state index contributed by atoms with van der Waals surface area (Å²) in [5, 5.41) is 2.66. The predicted molar refractivity (Wildman–Crippen MR) is 77.2 cm³/mol. The Bertz CT molecular complexity index is 636. The first-order valence-corrected chi connectivity index (χ1v) is 7.05. The largest absolute Gasteiger partial charge is 0.323 e. The molecule has 0 bridgehead atoms. The Morgan fingerprint density at radius 1 is 1.15 bits per heavy atom. The van der Waals surface area contributed by atoms with Crippen LogP contribution in [0.25, 0.3) is 0 Å². The number of carbonyl (C=O) groups is 1. The molecule has 0 unspecified atom stereocenters. The molecule has 0 heterocycles. The molecule has 1 amide bonds. The minimum Gasteiger partial charge on any atom is -0.323 e. The second kappa shape index (κ2) is 6.72. The third kappa shape index (κ3) is 3.95. The van der Waals surface area contributed by atoms with Crippen LogP contribution >= 0.6 is 23.4 Å². The van der Waals surface area contributed by atoms with E-state index in [2.05, 4.69) is 5.32 Å². The summed E-state index contributed by atoms with van der Waals surface area (Å²) in [7, 11) is 0. The van der Waals surface area contributed by atoms with Crippen LogP contribution in [0.3, 0.4) is 0 Å². The standard InChI is InChI=1S/C14H10ClF2NOS/c15-9-5-6-12(11(17)7-9)18-14(19)8-20-13-4-2-1-3-10(13)16/h1-7H,8H2,(H,18,19). The summed E-state index contributed by atoms with van der Waals surface area (Å²) in [6, 6.07) is 10.1. The summed E-state index contributed by atoms with van der Waals surface area (Å²) in [6.07, 6.45) is 0. The van der Waals surface area contributed by atoms with Crippen LogP contribution in [0.5, 0.6) is 0 Å². The molecule has 0 aliphatic heterocycles. The maximum absolute atomic E-state index is 13.5. The van der Waals surface area contributed by atoms with Crippen LogP contribution in [0.15, 0.2) is 47.4 Å². The predicted octanol–water partition coefficient (Wildman–Crippen LogP) is 4.35. The quantitative estimate of drug-likeness (QED) is 0.850. The van der Waals surface area contributed by atoms with Crippen molar-refractivity contribution in [1.29, 1.82) is 0 Å². The van der Waals surface area contributed by atoms with E-state index in [1.807, 2.05) is 0 Å². The number of halogens is 3. The van der Waals surface area contributed by atoms with Crippen molar-refractivity contribution < 1.29 is 13.6 Å². The zero-order chi connectivity index (χ0) is 14.5. The maximum Gasteiger partial charge on any atom is 0.234 e. The highest BCUT2D eigenvalue weighted by molar-refractivity contribution is 8.00. The fraction of sp³-hybridized carbons (Fsp3) is 0.0714. The number of nitrogens with one attached hydrogen (secondary N) is 1. The molecule has 6 heteroatoms. The fourth-order valence-corrected chi connectivity index (χ4v) is 2.38. The van der Waals surface area contributed by atoms with Crippen LogP contribution in [0.4, 0.5) is 14.5 Å². The average molecular weight is 314 g/mol. The molecule has 0 atom stereocenters. The fourth-order valence-electron chi connectivity index (χ4n) is 1.48. The smallest absolute Gasteiger partial charge is 0.234 e. The molecule has 0 aliphatic carbocycles. The van der Waals surface area contributed by atoms with Crippen molar-refractivity contribution in [3.05, 3.63) is 59.1 Å². The first kappa shape index (κ1) is 14.8. The van der Waals surface area contributed by atoms with Gasteiger partial charge in [-0.3, -0.25) is 4.79 Å². The lowest BCUT2D eigenvalue weighted by molar-refractivity contribution is -0.113. The van der Waals surface area contributed by atoms with E-state index in [0.29, 0.717) is 4.90 Å². The summed E-state index contributed by atoms with van der Waals surface area (Å²) in [6.45, 7) is 0. The molecule has 0 saturated carbocycles. The Morgan fingerprint density at radius 2 is 1.90 bits per heavy atom. The van der Waals surface area contributed by atoms with Gasteiger partial charge in [0.05, 0.1) is 11.4 Å². The van der Waals surface area contributed by atoms with E-state index in [-0.39, 0.29) is 22.3 Å². The normalized spacial score (nSPS) is 10.3. The van der Waals surface area contributed by atoms with Gasteiger partial charge in [0.25, 0.3) is 0 Å². The molecule has 0 aromatic heterocycles. The van der Waals surface area contributed by atoms with Gasteiger partial charge in [0.15, 0.2) is 0 Å². The Kier molecular flexibility index (Phi) is 4.98. The number of anilines is 1. The Labute approximate surface area is 124 Å². The van der Waals surface area contributed by atoms with Gasteiger partial charge in [0.2, 0.25) is 5.91 Å². The number of hydrogen-bond donors (Lipinski definition) is 1. The maximum atomic E-state index is 13.5. The van der Waals surface area contributed by atoms with Crippen LogP contribution in [-0.2, 0) is 4.79 Å². The van der Waals surface area contributed by atoms with E-state index in [1.54, 1.807) is 18.2 Å². The summed E-state index contributed by atoms with van der Waals surface area (Å²) < 4.78 is 26.8. The number of thioether (sulfide) groups is 1. The van der Waals surface area contributed by atoms with Crippen LogP contribution in [0.1, 0.15) is 0 Å². The van der Waals surface area contributed by atoms with Gasteiger partial charge in [-0.1, -0.05) is 23.7 Å². The number of rotatable bonds is 4. The highest BCUT2D eigenvalue weighted by Crippen LogP contribution is 2.22. The van der Waals surface area contributed by atoms with Gasteiger partial charge in [0, 0.05) is 9.92 Å². The molecule has 104 valence electrons. The number of amides is 1. The van der Waals surface area contributed by atoms with Gasteiger partial charge < -0.3 is 5.32 Å². The Balaban J connectivity index is 1.94. The van der Waals surface area contributed by atoms with Crippen molar-refractivity contribution in [2.45, 2.75) is 4.90 Å². The second-order valence-electron chi connectivity index (χ2n) is 3.89. The van der Waals surface area contributed by atoms with Crippen molar-refractivity contribution in [1.82, 2.24) is 0 Å². The van der Waals surface area contributed by atoms with Gasteiger partial charge in [-0.05, 0) is 30.3 Å². The summed E-state index contributed by atoms with van der Waals surface area (Å²) in [5.74, 6) is -1.42. The van der Waals surface area contributed by atoms with Crippen LogP contribution in [0.2, 0.25) is 5.02 Å². The molecule has 2 aromatic carbocycles. The van der Waals surface area contributed by atoms with E-state index >= 15 is 0 Å². The second-order valence-corrected chi connectivity index (χ2v) is 5.35. The van der Waals surface area contributed by atoms with E-state index in [9.17, 15) is 13.6 Å². The zero-order valence-corrected chi connectivity index (χ0v) is 11.8. The minimum absolute atomic E-state index is 0.0109. The summed E-state index contributed by atoms with van der Waals surface area (Å²) in [5.41, 5.74) is 0.0496. The molecule has 0 spiro atoms. The summed E-state index contributed by atoms with van der Waals surface area (Å²) >= 11 is 6.66. The van der Waals surface area contributed by atoms with Crippen molar-refractivity contribution in [3.63, 3.8) is 0 Å². The molecule has 20 heavy (non-hydrogen) atoms. The van der Waals surface area contributed by atoms with Crippen LogP contribution in [0, 0.1) is 11.6 Å². The lowest BCUT2D eigenvalue weighted by atomic mass is 10.3. The monoisotopic (exact) mass is 313 g/mol. The molecular weight excluding hydrogens is 304 g/mol. The average Bonchev–Trinajstić information content (AvgIpc) is 2.41. The van der Waals surface area contributed by atoms with E-state index in [4.69, 9.17) is 11.6 Å². The lowest BCUT2D eigenvalue weighted by Crippen LogP contribution is -2.15. The van der Waals surface area contributed by atoms with E-state index in [1.165, 1.54) is 18.2 Å². The topological polar surface area (TPSA) is 29.1 Å². The Hall–Kier alpha value is -1.59. The van der Waals surface area contributed by atoms with Crippen LogP contribution in [-0.4, -0.2) is 11.7 Å². The van der Waals surface area contributed by atoms with Gasteiger partial charge >= 0.3 is 0 Å². The number of benzene rings is 2. The number of carbonyl (C=O) groups excluding carboxylic acids is 1. The first-order valence-electron chi connectivity index (χ1n) is 5.68. The highest BCUT2D eigenvalue weighted by atomic mass is 35.5. The molecule has 1 N–H and O–H groups in total. The van der Waals surface area contributed by atoms with E-state index < -0.39 is 11.7 Å².